The number of benzene rings is 1. The first kappa shape index (κ1) is 20.8. The second-order valence-corrected chi connectivity index (χ2v) is 11.0. The van der Waals surface area contributed by atoms with Crippen LogP contribution in [0.15, 0.2) is 63.4 Å². The minimum Gasteiger partial charge on any atom is -0.457 e. The molecule has 7 heteroatoms. The van der Waals surface area contributed by atoms with Crippen molar-refractivity contribution in [3.63, 3.8) is 0 Å². The summed E-state index contributed by atoms with van der Waals surface area (Å²) in [5.41, 5.74) is 2.61. The van der Waals surface area contributed by atoms with Crippen LogP contribution in [0.5, 0.6) is 0 Å². The van der Waals surface area contributed by atoms with Gasteiger partial charge in [0.1, 0.15) is 22.0 Å². The maximum absolute atomic E-state index is 13.5. The Morgan fingerprint density at radius 1 is 1.26 bits per heavy atom. The number of aliphatic imine (C=N–C) groups is 1. The van der Waals surface area contributed by atoms with Gasteiger partial charge in [-0.3, -0.25) is 4.99 Å². The number of hydrogen-bond donors (Lipinski definition) is 0. The number of allylic oxidation sites excluding steroid dienone is 1. The highest BCUT2D eigenvalue weighted by Crippen LogP contribution is 2.61. The van der Waals surface area contributed by atoms with Crippen molar-refractivity contribution in [2.75, 3.05) is 11.5 Å². The minimum atomic E-state index is -0.964. The summed E-state index contributed by atoms with van der Waals surface area (Å²) in [7, 11) is 0. The van der Waals surface area contributed by atoms with Gasteiger partial charge in [-0.05, 0) is 33.3 Å². The van der Waals surface area contributed by atoms with Crippen LogP contribution in [0.1, 0.15) is 44.7 Å². The molecular formula is C24H25N3O2S2. The number of rotatable bonds is 4. The number of esters is 1. The first-order valence-corrected chi connectivity index (χ1v) is 12.4. The van der Waals surface area contributed by atoms with Crippen LogP contribution < -0.4 is 0 Å². The number of thioether (sulfide) groups is 2. The van der Waals surface area contributed by atoms with Crippen molar-refractivity contribution in [2.45, 2.75) is 54.8 Å². The van der Waals surface area contributed by atoms with Crippen LogP contribution in [0.3, 0.4) is 0 Å². The van der Waals surface area contributed by atoms with Gasteiger partial charge >= 0.3 is 5.97 Å². The molecule has 31 heavy (non-hydrogen) atoms. The van der Waals surface area contributed by atoms with Crippen molar-refractivity contribution < 1.29 is 9.53 Å². The summed E-state index contributed by atoms with van der Waals surface area (Å²) in [5, 5.41) is 1.92. The molecule has 1 aromatic carbocycles. The molecule has 0 aliphatic carbocycles. The standard InChI is InChI=1S/C24H25N3O2S2/c1-14(2)10-11-30-20-17-18-16(12-31-21(17)26-13-25-20)23(3,4)29-22(28)24(18)19(27-24)15-8-6-5-7-9-15/h5-10,13,16,18H,11-12H2,1-4H3/t16-,18-,24-/m1/s1. The van der Waals surface area contributed by atoms with Gasteiger partial charge in [0.2, 0.25) is 5.54 Å². The normalized spacial score (nSPS) is 27.6. The van der Waals surface area contributed by atoms with Gasteiger partial charge < -0.3 is 4.74 Å². The molecule has 3 aliphatic heterocycles. The largest absolute Gasteiger partial charge is 0.457 e. The fourth-order valence-electron chi connectivity index (χ4n) is 4.62. The van der Waals surface area contributed by atoms with Gasteiger partial charge in [-0.15, -0.1) is 23.5 Å². The third-order valence-corrected chi connectivity index (χ3v) is 8.35. The predicted octanol–water partition coefficient (Wildman–Crippen LogP) is 4.92. The van der Waals surface area contributed by atoms with E-state index in [0.717, 1.165) is 38.4 Å². The van der Waals surface area contributed by atoms with Gasteiger partial charge in [0.05, 0.1) is 5.71 Å². The fourth-order valence-corrected chi connectivity index (χ4v) is 7.20. The number of cyclic esters (lactones) is 1. The van der Waals surface area contributed by atoms with E-state index in [1.54, 1.807) is 29.9 Å². The van der Waals surface area contributed by atoms with Gasteiger partial charge in [0.25, 0.3) is 0 Å². The van der Waals surface area contributed by atoms with Crippen LogP contribution in [0.25, 0.3) is 0 Å². The Balaban J connectivity index is 1.62. The zero-order chi connectivity index (χ0) is 21.8. The van der Waals surface area contributed by atoms with Crippen molar-refractivity contribution in [1.82, 2.24) is 9.97 Å². The summed E-state index contributed by atoms with van der Waals surface area (Å²) in [4.78, 5) is 27.6. The van der Waals surface area contributed by atoms with E-state index in [1.807, 2.05) is 44.2 Å². The Bertz CT molecular complexity index is 1110. The van der Waals surface area contributed by atoms with Crippen molar-refractivity contribution in [1.29, 1.82) is 0 Å². The van der Waals surface area contributed by atoms with Gasteiger partial charge in [0, 0.05) is 28.9 Å². The first-order valence-electron chi connectivity index (χ1n) is 10.5. The maximum atomic E-state index is 13.5. The lowest BCUT2D eigenvalue weighted by Crippen LogP contribution is -2.58. The molecular weight excluding hydrogens is 426 g/mol. The van der Waals surface area contributed by atoms with Gasteiger partial charge in [-0.1, -0.05) is 42.0 Å². The molecule has 5 nitrogen and oxygen atoms in total. The van der Waals surface area contributed by atoms with Crippen molar-refractivity contribution >= 4 is 35.2 Å². The van der Waals surface area contributed by atoms with Crippen molar-refractivity contribution in [3.8, 4) is 0 Å². The molecule has 0 saturated carbocycles. The monoisotopic (exact) mass is 451 g/mol. The molecule has 0 N–H and O–H groups in total. The Morgan fingerprint density at radius 2 is 2.03 bits per heavy atom. The molecule has 0 amide bonds. The van der Waals surface area contributed by atoms with E-state index >= 15 is 0 Å². The van der Waals surface area contributed by atoms with Crippen LogP contribution in [-0.2, 0) is 9.53 Å². The average molecular weight is 452 g/mol. The van der Waals surface area contributed by atoms with Crippen LogP contribution in [0, 0.1) is 5.92 Å². The zero-order valence-corrected chi connectivity index (χ0v) is 19.7. The average Bonchev–Trinajstić information content (AvgIpc) is 3.49. The van der Waals surface area contributed by atoms with Crippen LogP contribution >= 0.6 is 23.5 Å². The molecule has 160 valence electrons. The van der Waals surface area contributed by atoms with E-state index in [-0.39, 0.29) is 17.8 Å². The zero-order valence-electron chi connectivity index (χ0n) is 18.1. The van der Waals surface area contributed by atoms with Gasteiger partial charge in [0.15, 0.2) is 0 Å². The molecule has 4 heterocycles. The molecule has 3 aliphatic rings. The SMILES string of the molecule is CC(C)=CCSc1ncnc2c1[C@H]1[C@@H](CS2)C(C)(C)OC(=O)[C@@]12N=C2c1ccccc1. The van der Waals surface area contributed by atoms with E-state index in [0.29, 0.717) is 0 Å². The summed E-state index contributed by atoms with van der Waals surface area (Å²) in [6.45, 7) is 8.23. The lowest BCUT2D eigenvalue weighted by molar-refractivity contribution is -0.176. The molecule has 1 aromatic heterocycles. The second kappa shape index (κ2) is 7.48. The summed E-state index contributed by atoms with van der Waals surface area (Å²) in [6.07, 6.45) is 3.84. The summed E-state index contributed by atoms with van der Waals surface area (Å²) in [6, 6.07) is 9.96. The molecule has 0 radical (unpaired) electrons. The second-order valence-electron chi connectivity index (χ2n) is 8.97. The Hall–Kier alpha value is -2.12. The van der Waals surface area contributed by atoms with Gasteiger partial charge in [-0.25, -0.2) is 14.8 Å². The number of fused-ring (bicyclic) bond motifs is 4. The van der Waals surface area contributed by atoms with E-state index in [9.17, 15) is 4.79 Å². The van der Waals surface area contributed by atoms with Gasteiger partial charge in [-0.2, -0.15) is 0 Å². The summed E-state index contributed by atoms with van der Waals surface area (Å²) >= 11 is 3.44. The highest BCUT2D eigenvalue weighted by Gasteiger charge is 2.70. The van der Waals surface area contributed by atoms with Crippen molar-refractivity contribution in [3.05, 3.63) is 59.4 Å². The molecule has 1 saturated heterocycles. The van der Waals surface area contributed by atoms with E-state index in [1.165, 1.54) is 5.57 Å². The molecule has 3 atom stereocenters. The smallest absolute Gasteiger partial charge is 0.341 e. The number of ether oxygens (including phenoxy) is 1. The molecule has 1 spiro atoms. The Morgan fingerprint density at radius 3 is 2.77 bits per heavy atom. The molecule has 5 rings (SSSR count). The van der Waals surface area contributed by atoms with Crippen LogP contribution in [0.2, 0.25) is 0 Å². The van der Waals surface area contributed by atoms with E-state index in [2.05, 4.69) is 29.9 Å². The number of nitrogens with zero attached hydrogens (tertiary/aromatic N) is 3. The van der Waals surface area contributed by atoms with Crippen LogP contribution in [0.4, 0.5) is 0 Å². The molecule has 0 bridgehead atoms. The molecule has 1 fully saturated rings. The Labute approximate surface area is 191 Å². The number of carbonyl (C=O) groups excluding carboxylic acids is 1. The van der Waals surface area contributed by atoms with E-state index in [4.69, 9.17) is 9.73 Å². The quantitative estimate of drug-likeness (QED) is 0.285. The highest BCUT2D eigenvalue weighted by molar-refractivity contribution is 8.00. The molecule has 0 unspecified atom stereocenters. The number of aromatic nitrogens is 2. The number of carbonyl (C=O) groups is 1. The lowest BCUT2D eigenvalue weighted by atomic mass is 9.66. The molecule has 2 aromatic rings. The minimum absolute atomic E-state index is 0.120. The fraction of sp³-hybridized carbons (Fsp3) is 0.417. The third-order valence-electron chi connectivity index (χ3n) is 6.29. The maximum Gasteiger partial charge on any atom is 0.341 e. The predicted molar refractivity (Wildman–Crippen MR) is 125 cm³/mol. The van der Waals surface area contributed by atoms with E-state index < -0.39 is 11.1 Å². The highest BCUT2D eigenvalue weighted by atomic mass is 32.2. The van der Waals surface area contributed by atoms with Crippen LogP contribution in [-0.4, -0.2) is 44.3 Å². The van der Waals surface area contributed by atoms with Crippen molar-refractivity contribution in [2.24, 2.45) is 10.9 Å². The summed E-state index contributed by atoms with van der Waals surface area (Å²) in [5.74, 6) is 1.43. The summed E-state index contributed by atoms with van der Waals surface area (Å²) < 4.78 is 6.02. The Kier molecular flexibility index (Phi) is 5.01. The third kappa shape index (κ3) is 3.33. The number of hydrogen-bond acceptors (Lipinski definition) is 7. The topological polar surface area (TPSA) is 64.4 Å². The lowest BCUT2D eigenvalue weighted by Gasteiger charge is -2.49. The first-order chi connectivity index (χ1) is 14.8.